The molecule has 0 spiro atoms. The zero-order valence-corrected chi connectivity index (χ0v) is 11.4. The Morgan fingerprint density at radius 2 is 1.77 bits per heavy atom. The molecule has 22 heavy (non-hydrogen) atoms. The van der Waals surface area contributed by atoms with Crippen LogP contribution in [-0.2, 0) is 23.9 Å². The van der Waals surface area contributed by atoms with E-state index in [0.717, 1.165) is 0 Å². The van der Waals surface area contributed by atoms with Crippen molar-refractivity contribution in [3.63, 3.8) is 0 Å². The van der Waals surface area contributed by atoms with Gasteiger partial charge in [-0.15, -0.1) is 10.1 Å². The maximum absolute atomic E-state index is 11.3. The van der Waals surface area contributed by atoms with Gasteiger partial charge in [0.1, 0.15) is 19.3 Å². The molecule has 1 amide bonds. The van der Waals surface area contributed by atoms with Crippen LogP contribution in [0.3, 0.4) is 0 Å². The lowest BCUT2D eigenvalue weighted by Crippen LogP contribution is -2.41. The van der Waals surface area contributed by atoms with E-state index in [9.17, 15) is 24.5 Å². The number of carboxylic acid groups (broad SMARTS) is 2. The van der Waals surface area contributed by atoms with Gasteiger partial charge in [0.15, 0.2) is 0 Å². The maximum atomic E-state index is 11.3. The number of carbonyl (C=O) groups is 3. The lowest BCUT2D eigenvalue weighted by atomic mass is 10.1. The van der Waals surface area contributed by atoms with Crippen molar-refractivity contribution in [2.45, 2.75) is 18.9 Å². The lowest BCUT2D eigenvalue weighted by Gasteiger charge is -2.13. The molecule has 0 rings (SSSR count). The summed E-state index contributed by atoms with van der Waals surface area (Å²) in [4.78, 5) is 46.2. The number of aliphatic carboxylic acids is 2. The fourth-order valence-corrected chi connectivity index (χ4v) is 1.18. The highest BCUT2D eigenvalue weighted by Gasteiger charge is 2.21. The fourth-order valence-electron chi connectivity index (χ4n) is 1.18. The van der Waals surface area contributed by atoms with Gasteiger partial charge >= 0.3 is 18.0 Å². The zero-order valence-electron chi connectivity index (χ0n) is 11.4. The molecule has 0 saturated carbocycles. The van der Waals surface area contributed by atoms with Gasteiger partial charge in [-0.1, -0.05) is 0 Å². The van der Waals surface area contributed by atoms with Crippen molar-refractivity contribution in [3.05, 3.63) is 10.1 Å². The summed E-state index contributed by atoms with van der Waals surface area (Å²) < 4.78 is 9.43. The molecule has 0 fully saturated rings. The Balaban J connectivity index is 3.79. The van der Waals surface area contributed by atoms with Crippen LogP contribution in [-0.4, -0.2) is 65.8 Å². The largest absolute Gasteiger partial charge is 0.481 e. The predicted molar refractivity (Wildman–Crippen MR) is 66.5 cm³/mol. The highest BCUT2D eigenvalue weighted by Crippen LogP contribution is 1.98. The Bertz CT molecular complexity index is 399. The van der Waals surface area contributed by atoms with Gasteiger partial charge in [-0.3, -0.25) is 4.79 Å². The summed E-state index contributed by atoms with van der Waals surface area (Å²) in [5.41, 5.74) is 0. The van der Waals surface area contributed by atoms with Crippen molar-refractivity contribution in [2.75, 3.05) is 26.4 Å². The topological polar surface area (TPSA) is 175 Å². The Morgan fingerprint density at radius 3 is 2.32 bits per heavy atom. The van der Waals surface area contributed by atoms with E-state index in [0.29, 0.717) is 0 Å². The normalized spacial score (nSPS) is 11.3. The highest BCUT2D eigenvalue weighted by molar-refractivity contribution is 5.80. The van der Waals surface area contributed by atoms with Crippen LogP contribution in [0, 0.1) is 10.1 Å². The molecule has 3 N–H and O–H groups in total. The minimum atomic E-state index is -1.38. The lowest BCUT2D eigenvalue weighted by molar-refractivity contribution is -0.758. The van der Waals surface area contributed by atoms with Gasteiger partial charge in [0.05, 0.1) is 13.2 Å². The summed E-state index contributed by atoms with van der Waals surface area (Å²) >= 11 is 0. The SMILES string of the molecule is O=C(O)CCC(NC(=O)OCCOCCO[N+](=O)[O-])C(=O)O. The zero-order chi connectivity index (χ0) is 17.0. The quantitative estimate of drug-likeness (QED) is 0.235. The molecule has 0 aliphatic carbocycles. The molecule has 0 aliphatic heterocycles. The first kappa shape index (κ1) is 19.4. The highest BCUT2D eigenvalue weighted by atomic mass is 17.0. The Morgan fingerprint density at radius 1 is 1.14 bits per heavy atom. The number of nitrogens with one attached hydrogen (secondary N) is 1. The molecule has 12 heteroatoms. The second kappa shape index (κ2) is 11.1. The molecule has 0 aromatic carbocycles. The van der Waals surface area contributed by atoms with Crippen molar-refractivity contribution in [2.24, 2.45) is 0 Å². The van der Waals surface area contributed by atoms with Crippen LogP contribution < -0.4 is 5.32 Å². The number of ether oxygens (including phenoxy) is 2. The van der Waals surface area contributed by atoms with Crippen LogP contribution in [0.15, 0.2) is 0 Å². The second-order valence-electron chi connectivity index (χ2n) is 3.77. The predicted octanol–water partition coefficient (Wildman–Crippen LogP) is -0.744. The summed E-state index contributed by atoms with van der Waals surface area (Å²) in [6, 6.07) is -1.38. The van der Waals surface area contributed by atoms with Gasteiger partial charge in [0.2, 0.25) is 0 Å². The van der Waals surface area contributed by atoms with Crippen molar-refractivity contribution < 1.29 is 44.0 Å². The van der Waals surface area contributed by atoms with Gasteiger partial charge in [-0.05, 0) is 6.42 Å². The number of carboxylic acids is 2. The number of carbonyl (C=O) groups excluding carboxylic acids is 1. The Labute approximate surface area is 124 Å². The number of hydrogen-bond donors (Lipinski definition) is 3. The van der Waals surface area contributed by atoms with Gasteiger partial charge in [0.25, 0.3) is 5.09 Å². The summed E-state index contributed by atoms with van der Waals surface area (Å²) in [6.07, 6.45) is -1.74. The van der Waals surface area contributed by atoms with E-state index < -0.39 is 35.6 Å². The number of nitrogens with zero attached hydrogens (tertiary/aromatic N) is 1. The number of alkyl carbamates (subject to hydrolysis) is 1. The van der Waals surface area contributed by atoms with Crippen LogP contribution in [0.1, 0.15) is 12.8 Å². The van der Waals surface area contributed by atoms with Gasteiger partial charge in [-0.2, -0.15) is 0 Å². The molecule has 0 heterocycles. The third-order valence-electron chi connectivity index (χ3n) is 2.12. The maximum Gasteiger partial charge on any atom is 0.407 e. The van der Waals surface area contributed by atoms with Gasteiger partial charge < -0.3 is 29.8 Å². The van der Waals surface area contributed by atoms with E-state index in [1.807, 2.05) is 5.32 Å². The van der Waals surface area contributed by atoms with Crippen molar-refractivity contribution in [1.29, 1.82) is 0 Å². The fraction of sp³-hybridized carbons (Fsp3) is 0.700. The van der Waals surface area contributed by atoms with E-state index in [4.69, 9.17) is 14.9 Å². The van der Waals surface area contributed by atoms with Crippen LogP contribution in [0.25, 0.3) is 0 Å². The molecule has 0 aliphatic rings. The van der Waals surface area contributed by atoms with Gasteiger partial charge in [0, 0.05) is 6.42 Å². The summed E-state index contributed by atoms with van der Waals surface area (Å²) in [5.74, 6) is -2.57. The molecule has 0 radical (unpaired) electrons. The van der Waals surface area contributed by atoms with Crippen molar-refractivity contribution >= 4 is 18.0 Å². The number of hydrogen-bond acceptors (Lipinski definition) is 8. The molecule has 1 unspecified atom stereocenters. The molecular weight excluding hydrogens is 308 g/mol. The van der Waals surface area contributed by atoms with Crippen LogP contribution >= 0.6 is 0 Å². The molecule has 0 saturated heterocycles. The van der Waals surface area contributed by atoms with Crippen LogP contribution in [0.2, 0.25) is 0 Å². The third kappa shape index (κ3) is 11.2. The van der Waals surface area contributed by atoms with E-state index in [2.05, 4.69) is 9.57 Å². The summed E-state index contributed by atoms with van der Waals surface area (Å²) in [5, 5.41) is 28.1. The van der Waals surface area contributed by atoms with E-state index in [-0.39, 0.29) is 32.8 Å². The van der Waals surface area contributed by atoms with Crippen LogP contribution in [0.4, 0.5) is 4.79 Å². The Kier molecular flexibility index (Phi) is 9.75. The van der Waals surface area contributed by atoms with Gasteiger partial charge in [-0.25, -0.2) is 9.59 Å². The summed E-state index contributed by atoms with van der Waals surface area (Å²) in [7, 11) is 0. The number of rotatable bonds is 12. The first-order chi connectivity index (χ1) is 10.3. The smallest absolute Gasteiger partial charge is 0.407 e. The van der Waals surface area contributed by atoms with Crippen molar-refractivity contribution in [3.8, 4) is 0 Å². The third-order valence-corrected chi connectivity index (χ3v) is 2.12. The number of amides is 1. The Hall–Kier alpha value is -2.63. The molecule has 0 bridgehead atoms. The first-order valence-corrected chi connectivity index (χ1v) is 6.06. The minimum absolute atomic E-state index is 0.0681. The molecule has 126 valence electrons. The molecule has 0 aromatic heterocycles. The van der Waals surface area contributed by atoms with E-state index >= 15 is 0 Å². The van der Waals surface area contributed by atoms with Crippen LogP contribution in [0.5, 0.6) is 0 Å². The van der Waals surface area contributed by atoms with E-state index in [1.54, 1.807) is 0 Å². The average molecular weight is 324 g/mol. The molecule has 1 atom stereocenters. The molecular formula is C10H16N2O10. The first-order valence-electron chi connectivity index (χ1n) is 6.06. The van der Waals surface area contributed by atoms with Crippen molar-refractivity contribution in [1.82, 2.24) is 5.32 Å². The average Bonchev–Trinajstić information content (AvgIpc) is 2.41. The molecule has 12 nitrogen and oxygen atoms in total. The second-order valence-corrected chi connectivity index (χ2v) is 3.77. The molecule has 0 aromatic rings. The minimum Gasteiger partial charge on any atom is -0.481 e. The standard InChI is InChI=1S/C10H16N2O10/c13-8(14)2-1-7(9(15)16)11-10(17)21-5-3-20-4-6-22-12(18)19/h7H,1-6H2,(H,11,17)(H,13,14)(H,15,16). The monoisotopic (exact) mass is 324 g/mol. The van der Waals surface area contributed by atoms with E-state index in [1.165, 1.54) is 0 Å². The summed E-state index contributed by atoms with van der Waals surface area (Å²) in [6.45, 7) is -0.630.